The predicted molar refractivity (Wildman–Crippen MR) is 225 cm³/mol. The lowest BCUT2D eigenvalue weighted by Gasteiger charge is -2.34. The van der Waals surface area contributed by atoms with Crippen molar-refractivity contribution in [1.82, 2.24) is 15.0 Å². The van der Waals surface area contributed by atoms with Crippen LogP contribution in [0.25, 0.3) is 56.4 Å². The van der Waals surface area contributed by atoms with Crippen molar-refractivity contribution in [1.29, 1.82) is 0 Å². The first-order chi connectivity index (χ1) is 28.3. The highest BCUT2D eigenvalue weighted by Crippen LogP contribution is 2.62. The third-order valence-electron chi connectivity index (χ3n) is 11.1. The van der Waals surface area contributed by atoms with Gasteiger partial charge in [-0.15, -0.1) is 0 Å². The molecule has 8 aromatic carbocycles. The Morgan fingerprint density at radius 3 is 1.42 bits per heavy atom. The number of fused-ring (bicyclic) bond motifs is 6. The van der Waals surface area contributed by atoms with Gasteiger partial charge in [0.1, 0.15) is 0 Å². The van der Waals surface area contributed by atoms with Gasteiger partial charge in [0.2, 0.25) is 0 Å². The van der Waals surface area contributed by atoms with Crippen LogP contribution in [0.15, 0.2) is 200 Å². The third kappa shape index (κ3) is 5.20. The summed E-state index contributed by atoms with van der Waals surface area (Å²) in [6.07, 6.45) is 0. The summed E-state index contributed by atoms with van der Waals surface area (Å²) in [6.45, 7) is 0. The molecule has 0 atom stereocenters. The lowest BCUT2D eigenvalue weighted by atomic mass is 9.68. The van der Waals surface area contributed by atoms with Crippen molar-refractivity contribution in [2.45, 2.75) is 5.41 Å². The standard InChI is InChI=1S/C52H33N3O2/c1-5-18-34(19-6-1)49-53-50(35-20-7-2-8-21-35)55-51(54-49)40-27-14-13-26-38(40)39-29-17-31-44-47(39)56-45-33-32-43-46(48(45)57-44)41-28-15-16-30-42(41)52(43,36-22-9-3-10-23-36)37-24-11-4-12-25-37/h1-33H. The summed E-state index contributed by atoms with van der Waals surface area (Å²) in [5, 5.41) is 0. The molecule has 0 bridgehead atoms. The van der Waals surface area contributed by atoms with Crippen molar-refractivity contribution in [2.24, 2.45) is 0 Å². The molecule has 1 aromatic heterocycles. The zero-order valence-electron chi connectivity index (χ0n) is 30.7. The van der Waals surface area contributed by atoms with Gasteiger partial charge in [-0.2, -0.15) is 0 Å². The molecule has 0 saturated carbocycles. The van der Waals surface area contributed by atoms with E-state index < -0.39 is 5.41 Å². The van der Waals surface area contributed by atoms with Crippen LogP contribution in [0.4, 0.5) is 0 Å². The molecule has 1 aliphatic carbocycles. The van der Waals surface area contributed by atoms with Gasteiger partial charge in [0.25, 0.3) is 0 Å². The maximum absolute atomic E-state index is 7.04. The van der Waals surface area contributed by atoms with E-state index in [0.717, 1.165) is 44.5 Å². The molecule has 1 aliphatic heterocycles. The summed E-state index contributed by atoms with van der Waals surface area (Å²) in [7, 11) is 0. The second-order valence-corrected chi connectivity index (χ2v) is 14.3. The summed E-state index contributed by atoms with van der Waals surface area (Å²) >= 11 is 0. The van der Waals surface area contributed by atoms with Gasteiger partial charge in [-0.05, 0) is 45.5 Å². The molecule has 0 unspecified atom stereocenters. The number of ether oxygens (including phenoxy) is 2. The van der Waals surface area contributed by atoms with E-state index in [2.05, 4.69) is 115 Å². The molecule has 0 spiro atoms. The molecule has 268 valence electrons. The fraction of sp³-hybridized carbons (Fsp3) is 0.0192. The highest BCUT2D eigenvalue weighted by molar-refractivity contribution is 5.93. The molecule has 2 heterocycles. The Morgan fingerprint density at radius 2 is 0.789 bits per heavy atom. The number of rotatable bonds is 6. The number of para-hydroxylation sites is 1. The SMILES string of the molecule is c1ccc(-c2nc(-c3ccccc3)nc(-c3ccccc3-c3cccc4c3Oc3ccc5c(c3O4)-c3ccccc3C5(c3ccccc3)c3ccccc3)n2)cc1. The smallest absolute Gasteiger partial charge is 0.178 e. The molecule has 0 radical (unpaired) electrons. The highest BCUT2D eigenvalue weighted by atomic mass is 16.6. The molecule has 5 heteroatoms. The second kappa shape index (κ2) is 13.3. The van der Waals surface area contributed by atoms with Crippen molar-refractivity contribution in [3.63, 3.8) is 0 Å². The monoisotopic (exact) mass is 731 g/mol. The average molecular weight is 732 g/mol. The van der Waals surface area contributed by atoms with Crippen LogP contribution in [-0.4, -0.2) is 15.0 Å². The second-order valence-electron chi connectivity index (χ2n) is 14.3. The van der Waals surface area contributed by atoms with Gasteiger partial charge < -0.3 is 9.47 Å². The van der Waals surface area contributed by atoms with Crippen LogP contribution < -0.4 is 9.47 Å². The molecular weight excluding hydrogens is 699 g/mol. The summed E-state index contributed by atoms with van der Waals surface area (Å²) in [6, 6.07) is 68.9. The van der Waals surface area contributed by atoms with Gasteiger partial charge >= 0.3 is 0 Å². The van der Waals surface area contributed by atoms with E-state index in [0.29, 0.717) is 40.5 Å². The van der Waals surface area contributed by atoms with Gasteiger partial charge in [-0.3, -0.25) is 0 Å². The zero-order chi connectivity index (χ0) is 37.8. The van der Waals surface area contributed by atoms with Crippen LogP contribution in [0.3, 0.4) is 0 Å². The van der Waals surface area contributed by atoms with Crippen molar-refractivity contribution >= 4 is 0 Å². The van der Waals surface area contributed by atoms with Crippen molar-refractivity contribution in [3.05, 3.63) is 222 Å². The van der Waals surface area contributed by atoms with Gasteiger partial charge in [0.15, 0.2) is 40.5 Å². The van der Waals surface area contributed by atoms with E-state index in [-0.39, 0.29) is 0 Å². The van der Waals surface area contributed by atoms with E-state index in [1.165, 1.54) is 16.7 Å². The first-order valence-corrected chi connectivity index (χ1v) is 19.1. The molecule has 11 rings (SSSR count). The molecule has 0 N–H and O–H groups in total. The van der Waals surface area contributed by atoms with E-state index in [1.807, 2.05) is 84.9 Å². The maximum atomic E-state index is 7.04. The number of hydrogen-bond acceptors (Lipinski definition) is 5. The van der Waals surface area contributed by atoms with Gasteiger partial charge in [-0.25, -0.2) is 15.0 Å². The molecule has 0 fully saturated rings. The first kappa shape index (κ1) is 32.8. The number of aromatic nitrogens is 3. The quantitative estimate of drug-likeness (QED) is 0.170. The molecule has 5 nitrogen and oxygen atoms in total. The minimum atomic E-state index is -0.546. The van der Waals surface area contributed by atoms with Crippen LogP contribution in [0.5, 0.6) is 23.0 Å². The van der Waals surface area contributed by atoms with Crippen LogP contribution in [-0.2, 0) is 5.41 Å². The lowest BCUT2D eigenvalue weighted by Crippen LogP contribution is -2.28. The van der Waals surface area contributed by atoms with Crippen molar-refractivity contribution in [2.75, 3.05) is 0 Å². The molecule has 0 amide bonds. The molecule has 2 aliphatic rings. The summed E-state index contributed by atoms with van der Waals surface area (Å²) in [5.74, 6) is 4.44. The van der Waals surface area contributed by atoms with Gasteiger partial charge in [0, 0.05) is 27.8 Å². The van der Waals surface area contributed by atoms with Crippen LogP contribution >= 0.6 is 0 Å². The van der Waals surface area contributed by atoms with Crippen LogP contribution in [0.2, 0.25) is 0 Å². The van der Waals surface area contributed by atoms with E-state index in [9.17, 15) is 0 Å². The summed E-state index contributed by atoms with van der Waals surface area (Å²) in [4.78, 5) is 15.1. The zero-order valence-corrected chi connectivity index (χ0v) is 30.7. The van der Waals surface area contributed by atoms with Gasteiger partial charge in [0.05, 0.1) is 5.41 Å². The Balaban J connectivity index is 1.07. The third-order valence-corrected chi connectivity index (χ3v) is 11.1. The highest BCUT2D eigenvalue weighted by Gasteiger charge is 2.48. The minimum Gasteiger partial charge on any atom is -0.449 e. The van der Waals surface area contributed by atoms with Crippen molar-refractivity contribution in [3.8, 4) is 79.4 Å². The molecule has 9 aromatic rings. The Morgan fingerprint density at radius 1 is 0.316 bits per heavy atom. The van der Waals surface area contributed by atoms with Crippen LogP contribution in [0, 0.1) is 0 Å². The number of hydrogen-bond donors (Lipinski definition) is 0. The Hall–Kier alpha value is -7.63. The molecule has 0 saturated heterocycles. The van der Waals surface area contributed by atoms with Crippen molar-refractivity contribution < 1.29 is 9.47 Å². The first-order valence-electron chi connectivity index (χ1n) is 19.1. The van der Waals surface area contributed by atoms with E-state index in [4.69, 9.17) is 24.4 Å². The Bertz CT molecular complexity index is 2850. The average Bonchev–Trinajstić information content (AvgIpc) is 3.61. The largest absolute Gasteiger partial charge is 0.449 e. The maximum Gasteiger partial charge on any atom is 0.178 e. The Labute approximate surface area is 330 Å². The predicted octanol–water partition coefficient (Wildman–Crippen LogP) is 12.8. The summed E-state index contributed by atoms with van der Waals surface area (Å²) in [5.41, 5.74) is 10.9. The van der Waals surface area contributed by atoms with Gasteiger partial charge in [-0.1, -0.05) is 188 Å². The Kier molecular flexibility index (Phi) is 7.64. The normalized spacial score (nSPS) is 13.0. The van der Waals surface area contributed by atoms with E-state index >= 15 is 0 Å². The molecular formula is C52H33N3O2. The lowest BCUT2D eigenvalue weighted by molar-refractivity contribution is 0.361. The van der Waals surface area contributed by atoms with E-state index in [1.54, 1.807) is 0 Å². The topological polar surface area (TPSA) is 57.1 Å². The summed E-state index contributed by atoms with van der Waals surface area (Å²) < 4.78 is 14.0. The molecule has 57 heavy (non-hydrogen) atoms. The fourth-order valence-corrected chi connectivity index (χ4v) is 8.64. The minimum absolute atomic E-state index is 0.546. The number of nitrogens with zero attached hydrogens (tertiary/aromatic N) is 3. The fourth-order valence-electron chi connectivity index (χ4n) is 8.64. The van der Waals surface area contributed by atoms with Crippen LogP contribution in [0.1, 0.15) is 22.3 Å². The number of benzene rings is 8.